The van der Waals surface area contributed by atoms with E-state index >= 15 is 0 Å². The molecule has 7 nitrogen and oxygen atoms in total. The van der Waals surface area contributed by atoms with Crippen LogP contribution in [-0.2, 0) is 10.0 Å². The zero-order valence-corrected chi connectivity index (χ0v) is 19.4. The predicted octanol–water partition coefficient (Wildman–Crippen LogP) is -0.887. The Hall–Kier alpha value is -1.71. The van der Waals surface area contributed by atoms with Crippen LogP contribution in [0.4, 0.5) is 5.69 Å². The SMILES string of the molecule is CN(C)c1cccc2c(S(=O)(=O)NCCC[NH2+]CCCC[NH2+]CCC[NH3+])cccc12. The minimum atomic E-state index is -3.53. The molecule has 8 heteroatoms. The molecule has 168 valence electrons. The summed E-state index contributed by atoms with van der Waals surface area (Å²) in [6, 6.07) is 11.3. The first-order chi connectivity index (χ1) is 14.5. The van der Waals surface area contributed by atoms with Gasteiger partial charge in [0.25, 0.3) is 0 Å². The van der Waals surface area contributed by atoms with Crippen molar-refractivity contribution in [1.29, 1.82) is 0 Å². The van der Waals surface area contributed by atoms with E-state index < -0.39 is 10.0 Å². The van der Waals surface area contributed by atoms with Crippen LogP contribution in [0.5, 0.6) is 0 Å². The lowest BCUT2D eigenvalue weighted by Crippen LogP contribution is -2.86. The molecule has 0 aliphatic heterocycles. The van der Waals surface area contributed by atoms with Gasteiger partial charge in [0.1, 0.15) is 0 Å². The van der Waals surface area contributed by atoms with Gasteiger partial charge in [-0.3, -0.25) is 0 Å². The Labute approximate surface area is 181 Å². The van der Waals surface area contributed by atoms with Crippen molar-refractivity contribution in [3.63, 3.8) is 0 Å². The Bertz CT molecular complexity index is 871. The van der Waals surface area contributed by atoms with E-state index in [-0.39, 0.29) is 0 Å². The van der Waals surface area contributed by atoms with Gasteiger partial charge in [-0.1, -0.05) is 24.3 Å². The fourth-order valence-electron chi connectivity index (χ4n) is 3.57. The highest BCUT2D eigenvalue weighted by atomic mass is 32.2. The van der Waals surface area contributed by atoms with Crippen molar-refractivity contribution in [2.24, 2.45) is 0 Å². The van der Waals surface area contributed by atoms with E-state index in [0.29, 0.717) is 11.4 Å². The van der Waals surface area contributed by atoms with E-state index in [9.17, 15) is 8.42 Å². The number of nitrogens with two attached hydrogens (primary N) is 2. The van der Waals surface area contributed by atoms with Crippen molar-refractivity contribution in [2.75, 3.05) is 58.3 Å². The molecule has 0 heterocycles. The number of nitrogens with one attached hydrogen (secondary N) is 1. The van der Waals surface area contributed by atoms with Gasteiger partial charge in [-0.25, -0.2) is 13.1 Å². The van der Waals surface area contributed by atoms with Crippen molar-refractivity contribution < 1.29 is 24.8 Å². The van der Waals surface area contributed by atoms with E-state index in [1.54, 1.807) is 6.07 Å². The van der Waals surface area contributed by atoms with Gasteiger partial charge in [0, 0.05) is 62.8 Å². The molecule has 0 unspecified atom stereocenters. The molecule has 0 atom stereocenters. The Morgan fingerprint density at radius 3 is 2.13 bits per heavy atom. The highest BCUT2D eigenvalue weighted by molar-refractivity contribution is 7.89. The molecule has 0 bridgehead atoms. The van der Waals surface area contributed by atoms with Gasteiger partial charge < -0.3 is 21.3 Å². The van der Waals surface area contributed by atoms with Gasteiger partial charge in [-0.05, 0) is 12.1 Å². The summed E-state index contributed by atoms with van der Waals surface area (Å²) in [6.07, 6.45) is 4.45. The molecule has 8 N–H and O–H groups in total. The van der Waals surface area contributed by atoms with Gasteiger partial charge in [0.05, 0.1) is 37.6 Å². The molecule has 0 amide bonds. The summed E-state index contributed by atoms with van der Waals surface area (Å²) in [4.78, 5) is 2.35. The van der Waals surface area contributed by atoms with Gasteiger partial charge in [0.2, 0.25) is 10.0 Å². The average Bonchev–Trinajstić information content (AvgIpc) is 2.73. The first kappa shape index (κ1) is 24.6. The Balaban J connectivity index is 1.76. The zero-order chi connectivity index (χ0) is 21.8. The number of unbranched alkanes of at least 4 members (excludes halogenated alkanes) is 1. The lowest BCUT2D eigenvalue weighted by atomic mass is 10.1. The van der Waals surface area contributed by atoms with E-state index in [2.05, 4.69) is 21.1 Å². The van der Waals surface area contributed by atoms with Crippen LogP contribution in [-0.4, -0.2) is 61.8 Å². The summed E-state index contributed by atoms with van der Waals surface area (Å²) >= 11 is 0. The topological polar surface area (TPSA) is 110 Å². The van der Waals surface area contributed by atoms with E-state index in [0.717, 1.165) is 42.5 Å². The second-order valence-electron chi connectivity index (χ2n) is 7.92. The molecule has 2 aromatic rings. The molecule has 0 saturated heterocycles. The lowest BCUT2D eigenvalue weighted by molar-refractivity contribution is -0.665. The first-order valence-corrected chi connectivity index (χ1v) is 12.6. The second-order valence-corrected chi connectivity index (χ2v) is 9.66. The minimum absolute atomic E-state index is 0.350. The molecular formula is C22H40N5O2S+3. The molecule has 0 aliphatic rings. The Morgan fingerprint density at radius 1 is 0.867 bits per heavy atom. The van der Waals surface area contributed by atoms with Crippen LogP contribution in [0, 0.1) is 0 Å². The molecule has 2 rings (SSSR count). The maximum Gasteiger partial charge on any atom is 0.241 e. The quantitative estimate of drug-likeness (QED) is 0.271. The third-order valence-corrected chi connectivity index (χ3v) is 6.75. The summed E-state index contributed by atoms with van der Waals surface area (Å²) in [7, 11) is 0.398. The monoisotopic (exact) mass is 438 g/mol. The van der Waals surface area contributed by atoms with Crippen LogP contribution in [0.25, 0.3) is 10.8 Å². The van der Waals surface area contributed by atoms with Gasteiger partial charge in [-0.15, -0.1) is 0 Å². The summed E-state index contributed by atoms with van der Waals surface area (Å²) in [6.45, 7) is 5.89. The van der Waals surface area contributed by atoms with Crippen molar-refractivity contribution in [2.45, 2.75) is 30.6 Å². The normalized spacial score (nSPS) is 11.8. The highest BCUT2D eigenvalue weighted by Crippen LogP contribution is 2.29. The molecule has 0 saturated carbocycles. The number of hydrogen-bond donors (Lipinski definition) is 4. The molecule has 2 aromatic carbocycles. The van der Waals surface area contributed by atoms with Crippen LogP contribution < -0.4 is 26.0 Å². The number of fused-ring (bicyclic) bond motifs is 1. The number of rotatable bonds is 15. The van der Waals surface area contributed by atoms with Crippen molar-refractivity contribution in [1.82, 2.24) is 4.72 Å². The molecule has 0 aliphatic carbocycles. The number of quaternary nitrogens is 3. The Morgan fingerprint density at radius 2 is 1.47 bits per heavy atom. The average molecular weight is 439 g/mol. The first-order valence-electron chi connectivity index (χ1n) is 11.1. The van der Waals surface area contributed by atoms with Gasteiger partial charge in [0.15, 0.2) is 0 Å². The fourth-order valence-corrected chi connectivity index (χ4v) is 4.87. The van der Waals surface area contributed by atoms with Crippen LogP contribution >= 0.6 is 0 Å². The number of anilines is 1. The second kappa shape index (κ2) is 12.9. The third-order valence-electron chi connectivity index (χ3n) is 5.23. The van der Waals surface area contributed by atoms with Gasteiger partial charge >= 0.3 is 0 Å². The van der Waals surface area contributed by atoms with Gasteiger partial charge in [-0.2, -0.15) is 0 Å². The summed E-state index contributed by atoms with van der Waals surface area (Å²) in [5.74, 6) is 0. The largest absolute Gasteiger partial charge is 0.377 e. The van der Waals surface area contributed by atoms with Crippen LogP contribution in [0.2, 0.25) is 0 Å². The summed E-state index contributed by atoms with van der Waals surface area (Å²) in [5, 5.41) is 6.36. The molecule has 0 fully saturated rings. The van der Waals surface area contributed by atoms with Crippen molar-refractivity contribution in [3.8, 4) is 0 Å². The van der Waals surface area contributed by atoms with Crippen LogP contribution in [0.15, 0.2) is 41.3 Å². The van der Waals surface area contributed by atoms with E-state index in [1.807, 2.05) is 49.3 Å². The molecule has 30 heavy (non-hydrogen) atoms. The zero-order valence-electron chi connectivity index (χ0n) is 18.6. The maximum absolute atomic E-state index is 12.9. The molecular weight excluding hydrogens is 398 g/mol. The number of sulfonamides is 1. The smallest absolute Gasteiger partial charge is 0.241 e. The molecule has 0 spiro atoms. The molecule has 0 radical (unpaired) electrons. The fraction of sp³-hybridized carbons (Fsp3) is 0.545. The van der Waals surface area contributed by atoms with Crippen molar-refractivity contribution >= 4 is 26.5 Å². The summed E-state index contributed by atoms with van der Waals surface area (Å²) < 4.78 is 28.5. The van der Waals surface area contributed by atoms with Crippen LogP contribution in [0.1, 0.15) is 25.7 Å². The van der Waals surface area contributed by atoms with E-state index in [4.69, 9.17) is 0 Å². The molecule has 0 aromatic heterocycles. The standard InChI is InChI=1S/C22H37N5O2S/c1-27(2)21-11-5-10-20-19(21)9-6-12-22(20)30(28,29)26-18-8-17-25-15-4-3-14-24-16-7-13-23/h5-6,9-12,24-26H,3-4,7-8,13-18,23H2,1-2H3/p+3. The summed E-state index contributed by atoms with van der Waals surface area (Å²) in [5.41, 5.74) is 4.87. The minimum Gasteiger partial charge on any atom is -0.377 e. The number of nitrogens with zero attached hydrogens (tertiary/aromatic N) is 1. The van der Waals surface area contributed by atoms with Crippen molar-refractivity contribution in [3.05, 3.63) is 36.4 Å². The van der Waals surface area contributed by atoms with Crippen LogP contribution in [0.3, 0.4) is 0 Å². The highest BCUT2D eigenvalue weighted by Gasteiger charge is 2.18. The maximum atomic E-state index is 12.9. The van der Waals surface area contributed by atoms with E-state index in [1.165, 1.54) is 32.4 Å². The number of benzene rings is 2. The number of hydrogen-bond acceptors (Lipinski definition) is 3. The lowest BCUT2D eigenvalue weighted by Gasteiger charge is -2.17. The third kappa shape index (κ3) is 7.52. The Kier molecular flexibility index (Phi) is 10.5. The predicted molar refractivity (Wildman–Crippen MR) is 123 cm³/mol.